The molecule has 0 N–H and O–H groups in total. The van der Waals surface area contributed by atoms with Crippen molar-refractivity contribution in [1.29, 1.82) is 0 Å². The van der Waals surface area contributed by atoms with Gasteiger partial charge in [0.25, 0.3) is 9.05 Å². The van der Waals surface area contributed by atoms with Crippen molar-refractivity contribution >= 4 is 35.7 Å². The highest BCUT2D eigenvalue weighted by Gasteiger charge is 2.15. The summed E-state index contributed by atoms with van der Waals surface area (Å²) in [5, 5.41) is -0.140. The molecule has 0 radical (unpaired) electrons. The standard InChI is InChI=1S/C12H12BrClN2O3S/c1-9-15-12(20(14,17)18)8-16(9)5-6-19-11-4-2-3-10(13)7-11/h2-4,7-8H,5-6H2,1H3. The van der Waals surface area contributed by atoms with Crippen LogP contribution in [0.2, 0.25) is 0 Å². The van der Waals surface area contributed by atoms with E-state index < -0.39 is 9.05 Å². The van der Waals surface area contributed by atoms with E-state index >= 15 is 0 Å². The normalized spacial score (nSPS) is 11.6. The molecular formula is C12H12BrClN2O3S. The van der Waals surface area contributed by atoms with Crippen molar-refractivity contribution in [3.63, 3.8) is 0 Å². The summed E-state index contributed by atoms with van der Waals surface area (Å²) >= 11 is 3.36. The van der Waals surface area contributed by atoms with Gasteiger partial charge >= 0.3 is 0 Å². The number of halogens is 2. The molecule has 0 aliphatic heterocycles. The van der Waals surface area contributed by atoms with Crippen LogP contribution in [-0.4, -0.2) is 24.6 Å². The predicted octanol–water partition coefficient (Wildman–Crippen LogP) is 2.96. The number of aryl methyl sites for hydroxylation is 1. The van der Waals surface area contributed by atoms with Gasteiger partial charge in [-0.25, -0.2) is 13.4 Å². The smallest absolute Gasteiger partial charge is 0.280 e. The first-order valence-corrected chi connectivity index (χ1v) is 8.83. The Morgan fingerprint density at radius 3 is 2.80 bits per heavy atom. The highest BCUT2D eigenvalue weighted by molar-refractivity contribution is 9.10. The van der Waals surface area contributed by atoms with E-state index in [1.54, 1.807) is 11.5 Å². The van der Waals surface area contributed by atoms with Crippen LogP contribution in [0.25, 0.3) is 0 Å². The van der Waals surface area contributed by atoms with Crippen molar-refractivity contribution in [2.75, 3.05) is 6.61 Å². The van der Waals surface area contributed by atoms with Gasteiger partial charge in [0.05, 0.1) is 6.54 Å². The Morgan fingerprint density at radius 2 is 2.20 bits per heavy atom. The maximum atomic E-state index is 11.2. The quantitative estimate of drug-likeness (QED) is 0.749. The number of rotatable bonds is 5. The molecule has 20 heavy (non-hydrogen) atoms. The molecule has 0 aliphatic carbocycles. The predicted molar refractivity (Wildman–Crippen MR) is 79.6 cm³/mol. The highest BCUT2D eigenvalue weighted by atomic mass is 79.9. The Kier molecular flexibility index (Phi) is 4.72. The van der Waals surface area contributed by atoms with Gasteiger partial charge in [0, 0.05) is 21.4 Å². The first-order valence-electron chi connectivity index (χ1n) is 5.73. The van der Waals surface area contributed by atoms with E-state index in [1.165, 1.54) is 6.20 Å². The summed E-state index contributed by atoms with van der Waals surface area (Å²) in [6, 6.07) is 7.49. The van der Waals surface area contributed by atoms with Gasteiger partial charge in [0.1, 0.15) is 18.2 Å². The number of hydrogen-bond acceptors (Lipinski definition) is 4. The van der Waals surface area contributed by atoms with Crippen molar-refractivity contribution in [1.82, 2.24) is 9.55 Å². The fraction of sp³-hybridized carbons (Fsp3) is 0.250. The Balaban J connectivity index is 2.00. The molecule has 1 aromatic heterocycles. The largest absolute Gasteiger partial charge is 0.492 e. The molecule has 0 aliphatic rings. The number of hydrogen-bond donors (Lipinski definition) is 0. The van der Waals surface area contributed by atoms with Crippen LogP contribution in [-0.2, 0) is 15.6 Å². The number of aromatic nitrogens is 2. The van der Waals surface area contributed by atoms with Gasteiger partial charge in [-0.15, -0.1) is 0 Å². The molecule has 0 saturated heterocycles. The fourth-order valence-electron chi connectivity index (χ4n) is 1.64. The highest BCUT2D eigenvalue weighted by Crippen LogP contribution is 2.18. The number of nitrogens with zero attached hydrogens (tertiary/aromatic N) is 2. The van der Waals surface area contributed by atoms with Crippen LogP contribution in [0.15, 0.2) is 40.0 Å². The van der Waals surface area contributed by atoms with Gasteiger partial charge in [-0.3, -0.25) is 0 Å². The van der Waals surface area contributed by atoms with Crippen molar-refractivity contribution in [2.24, 2.45) is 0 Å². The lowest BCUT2D eigenvalue weighted by atomic mass is 10.3. The molecule has 0 fully saturated rings. The number of ether oxygens (including phenoxy) is 1. The molecule has 2 rings (SSSR count). The van der Waals surface area contributed by atoms with Gasteiger partial charge in [0.2, 0.25) is 0 Å². The van der Waals surface area contributed by atoms with Crippen LogP contribution in [0.1, 0.15) is 5.82 Å². The number of imidazole rings is 1. The Bertz CT molecular complexity index is 715. The molecule has 1 heterocycles. The van der Waals surface area contributed by atoms with E-state index in [-0.39, 0.29) is 5.03 Å². The molecule has 5 nitrogen and oxygen atoms in total. The van der Waals surface area contributed by atoms with Crippen LogP contribution in [0.5, 0.6) is 5.75 Å². The minimum atomic E-state index is -3.79. The molecule has 8 heteroatoms. The molecule has 0 bridgehead atoms. The third-order valence-electron chi connectivity index (χ3n) is 2.60. The monoisotopic (exact) mass is 378 g/mol. The third kappa shape index (κ3) is 3.97. The summed E-state index contributed by atoms with van der Waals surface area (Å²) in [5.74, 6) is 1.31. The van der Waals surface area contributed by atoms with Crippen LogP contribution < -0.4 is 4.74 Å². The molecule has 1 aromatic carbocycles. The van der Waals surface area contributed by atoms with E-state index in [1.807, 2.05) is 24.3 Å². The average Bonchev–Trinajstić information content (AvgIpc) is 2.71. The lowest BCUT2D eigenvalue weighted by Crippen LogP contribution is -2.08. The zero-order valence-corrected chi connectivity index (χ0v) is 13.7. The summed E-state index contributed by atoms with van der Waals surface area (Å²) in [6.07, 6.45) is 1.40. The topological polar surface area (TPSA) is 61.2 Å². The minimum Gasteiger partial charge on any atom is -0.492 e. The van der Waals surface area contributed by atoms with Crippen molar-refractivity contribution in [3.05, 3.63) is 40.8 Å². The van der Waals surface area contributed by atoms with Gasteiger partial charge in [0.15, 0.2) is 5.03 Å². The van der Waals surface area contributed by atoms with E-state index in [0.29, 0.717) is 19.0 Å². The second-order valence-electron chi connectivity index (χ2n) is 4.06. The summed E-state index contributed by atoms with van der Waals surface area (Å²) < 4.78 is 30.6. The molecule has 108 valence electrons. The molecule has 0 unspecified atom stereocenters. The summed E-state index contributed by atoms with van der Waals surface area (Å²) in [7, 11) is 1.46. The fourth-order valence-corrected chi connectivity index (χ4v) is 2.74. The van der Waals surface area contributed by atoms with E-state index in [4.69, 9.17) is 15.4 Å². The van der Waals surface area contributed by atoms with Crippen molar-refractivity contribution in [3.8, 4) is 5.75 Å². The lowest BCUT2D eigenvalue weighted by Gasteiger charge is -2.08. The SMILES string of the molecule is Cc1nc(S(=O)(=O)Cl)cn1CCOc1cccc(Br)c1. The first-order chi connectivity index (χ1) is 9.36. The first kappa shape index (κ1) is 15.3. The number of benzene rings is 1. The second-order valence-corrected chi connectivity index (χ2v) is 7.49. The van der Waals surface area contributed by atoms with Crippen molar-refractivity contribution in [2.45, 2.75) is 18.5 Å². The second kappa shape index (κ2) is 6.15. The van der Waals surface area contributed by atoms with Gasteiger partial charge in [-0.2, -0.15) is 0 Å². The van der Waals surface area contributed by atoms with Crippen molar-refractivity contribution < 1.29 is 13.2 Å². The molecule has 0 atom stereocenters. The molecule has 2 aromatic rings. The minimum absolute atomic E-state index is 0.140. The molecular weight excluding hydrogens is 368 g/mol. The van der Waals surface area contributed by atoms with E-state index in [9.17, 15) is 8.42 Å². The van der Waals surface area contributed by atoms with Gasteiger partial charge < -0.3 is 9.30 Å². The Morgan fingerprint density at radius 1 is 1.45 bits per heavy atom. The van der Waals surface area contributed by atoms with Crippen LogP contribution >= 0.6 is 26.6 Å². The van der Waals surface area contributed by atoms with Crippen LogP contribution in [0.3, 0.4) is 0 Å². The van der Waals surface area contributed by atoms with E-state index in [0.717, 1.165) is 10.2 Å². The van der Waals surface area contributed by atoms with Crippen LogP contribution in [0, 0.1) is 6.92 Å². The zero-order valence-electron chi connectivity index (χ0n) is 10.6. The molecule has 0 spiro atoms. The maximum Gasteiger partial charge on any atom is 0.280 e. The van der Waals surface area contributed by atoms with E-state index in [2.05, 4.69) is 20.9 Å². The Labute approximate surface area is 130 Å². The third-order valence-corrected chi connectivity index (χ3v) is 4.26. The maximum absolute atomic E-state index is 11.2. The summed E-state index contributed by atoms with van der Waals surface area (Å²) in [4.78, 5) is 3.90. The molecule has 0 amide bonds. The van der Waals surface area contributed by atoms with Gasteiger partial charge in [-0.1, -0.05) is 22.0 Å². The summed E-state index contributed by atoms with van der Waals surface area (Å²) in [6.45, 7) is 2.60. The molecule has 0 saturated carbocycles. The lowest BCUT2D eigenvalue weighted by molar-refractivity contribution is 0.297. The van der Waals surface area contributed by atoms with Crippen LogP contribution in [0.4, 0.5) is 0 Å². The summed E-state index contributed by atoms with van der Waals surface area (Å²) in [5.41, 5.74) is 0. The zero-order chi connectivity index (χ0) is 14.8. The Hall–Kier alpha value is -1.05. The average molecular weight is 380 g/mol. The van der Waals surface area contributed by atoms with Gasteiger partial charge in [-0.05, 0) is 25.1 Å².